The highest BCUT2D eigenvalue weighted by molar-refractivity contribution is 5.63. The lowest BCUT2D eigenvalue weighted by molar-refractivity contribution is 0.409. The predicted molar refractivity (Wildman–Crippen MR) is 121 cm³/mol. The Hall–Kier alpha value is -3.20. The van der Waals surface area contributed by atoms with Crippen molar-refractivity contribution in [2.24, 2.45) is 0 Å². The first-order valence-corrected chi connectivity index (χ1v) is 9.96. The minimum absolute atomic E-state index is 0.744. The normalized spacial score (nSPS) is 10.4. The lowest BCUT2D eigenvalue weighted by Gasteiger charge is -2.13. The van der Waals surface area contributed by atoms with Crippen molar-refractivity contribution in [3.63, 3.8) is 0 Å². The van der Waals surface area contributed by atoms with Crippen molar-refractivity contribution in [3.8, 4) is 17.2 Å². The van der Waals surface area contributed by atoms with Crippen LogP contribution in [0.25, 0.3) is 5.70 Å². The number of rotatable bonds is 9. The Balaban J connectivity index is 1.54. The number of nitrogens with one attached hydrogen (secondary N) is 1. The van der Waals surface area contributed by atoms with Crippen molar-refractivity contribution < 1.29 is 9.47 Å². The van der Waals surface area contributed by atoms with Gasteiger partial charge in [-0.1, -0.05) is 48.5 Å². The Bertz CT molecular complexity index is 978. The summed E-state index contributed by atoms with van der Waals surface area (Å²) in [6.07, 6.45) is 2.12. The molecule has 0 atom stereocenters. The average Bonchev–Trinajstić information content (AvgIpc) is 2.73. The number of methoxy groups -OCH3 is 1. The van der Waals surface area contributed by atoms with Crippen LogP contribution in [-0.2, 0) is 6.42 Å². The van der Waals surface area contributed by atoms with E-state index < -0.39 is 0 Å². The summed E-state index contributed by atoms with van der Waals surface area (Å²) in [4.78, 5) is 0. The van der Waals surface area contributed by atoms with E-state index in [0.29, 0.717) is 0 Å². The number of aryl methyl sites for hydroxylation is 3. The van der Waals surface area contributed by atoms with E-state index in [1.165, 1.54) is 16.7 Å². The number of ether oxygens (including phenoxy) is 2. The quantitative estimate of drug-likeness (QED) is 0.437. The molecule has 0 aromatic heterocycles. The first kappa shape index (κ1) is 20.5. The number of benzene rings is 3. The Morgan fingerprint density at radius 2 is 1.62 bits per heavy atom. The SMILES string of the molecule is C=C(NCCCc1cc(C)ccc1C)c1cccc(Oc2cccc(OC)c2)c1. The summed E-state index contributed by atoms with van der Waals surface area (Å²) in [7, 11) is 1.65. The average molecular weight is 388 g/mol. The molecule has 3 rings (SSSR count). The van der Waals surface area contributed by atoms with Gasteiger partial charge in [0.05, 0.1) is 7.11 Å². The van der Waals surface area contributed by atoms with Gasteiger partial charge in [0.2, 0.25) is 0 Å². The zero-order valence-electron chi connectivity index (χ0n) is 17.5. The maximum absolute atomic E-state index is 5.97. The second-order valence-corrected chi connectivity index (χ2v) is 7.25. The zero-order chi connectivity index (χ0) is 20.6. The Morgan fingerprint density at radius 1 is 0.897 bits per heavy atom. The molecule has 0 aliphatic carbocycles. The second kappa shape index (κ2) is 9.83. The van der Waals surface area contributed by atoms with E-state index >= 15 is 0 Å². The van der Waals surface area contributed by atoms with Crippen LogP contribution in [0.4, 0.5) is 0 Å². The molecule has 0 aliphatic heterocycles. The predicted octanol–water partition coefficient (Wildman–Crippen LogP) is 6.30. The molecular weight excluding hydrogens is 358 g/mol. The maximum atomic E-state index is 5.97. The van der Waals surface area contributed by atoms with Gasteiger partial charge in [-0.15, -0.1) is 0 Å². The molecule has 3 nitrogen and oxygen atoms in total. The van der Waals surface area contributed by atoms with E-state index in [9.17, 15) is 0 Å². The molecule has 150 valence electrons. The van der Waals surface area contributed by atoms with Gasteiger partial charge in [-0.3, -0.25) is 0 Å². The van der Waals surface area contributed by atoms with E-state index in [-0.39, 0.29) is 0 Å². The molecule has 0 amide bonds. The lowest BCUT2D eigenvalue weighted by Crippen LogP contribution is -2.13. The topological polar surface area (TPSA) is 30.5 Å². The fourth-order valence-electron chi connectivity index (χ4n) is 3.24. The van der Waals surface area contributed by atoms with E-state index in [2.05, 4.69) is 43.9 Å². The van der Waals surface area contributed by atoms with E-state index in [1.807, 2.05) is 48.5 Å². The van der Waals surface area contributed by atoms with Crippen LogP contribution in [0.15, 0.2) is 73.3 Å². The third-order valence-corrected chi connectivity index (χ3v) is 4.93. The van der Waals surface area contributed by atoms with Crippen LogP contribution in [-0.4, -0.2) is 13.7 Å². The van der Waals surface area contributed by atoms with Gasteiger partial charge in [-0.05, 0) is 62.1 Å². The van der Waals surface area contributed by atoms with Gasteiger partial charge < -0.3 is 14.8 Å². The van der Waals surface area contributed by atoms with E-state index in [4.69, 9.17) is 9.47 Å². The van der Waals surface area contributed by atoms with Crippen molar-refractivity contribution in [1.82, 2.24) is 5.32 Å². The molecule has 0 unspecified atom stereocenters. The molecule has 3 heteroatoms. The standard InChI is InChI=1S/C26H29NO2/c1-19-13-14-20(2)22(16-19)9-7-15-27-21(3)23-8-5-11-25(17-23)29-26-12-6-10-24(18-26)28-4/h5-6,8,10-14,16-18,27H,3,7,9,15H2,1-2,4H3. The molecule has 0 bridgehead atoms. The third kappa shape index (κ3) is 5.89. The first-order valence-electron chi connectivity index (χ1n) is 9.96. The largest absolute Gasteiger partial charge is 0.497 e. The van der Waals surface area contributed by atoms with Gasteiger partial charge in [0.25, 0.3) is 0 Å². The van der Waals surface area contributed by atoms with Gasteiger partial charge in [0, 0.05) is 23.9 Å². The molecule has 29 heavy (non-hydrogen) atoms. The molecule has 1 N–H and O–H groups in total. The number of hydrogen-bond donors (Lipinski definition) is 1. The van der Waals surface area contributed by atoms with Crippen LogP contribution in [0.1, 0.15) is 28.7 Å². The van der Waals surface area contributed by atoms with Crippen LogP contribution in [0.3, 0.4) is 0 Å². The van der Waals surface area contributed by atoms with Gasteiger partial charge in [-0.2, -0.15) is 0 Å². The minimum Gasteiger partial charge on any atom is -0.497 e. The van der Waals surface area contributed by atoms with Crippen LogP contribution in [0.5, 0.6) is 17.2 Å². The van der Waals surface area contributed by atoms with Crippen molar-refractivity contribution >= 4 is 5.70 Å². The molecule has 0 saturated heterocycles. The smallest absolute Gasteiger partial charge is 0.131 e. The minimum atomic E-state index is 0.744. The summed E-state index contributed by atoms with van der Waals surface area (Å²) in [5.74, 6) is 2.29. The first-order chi connectivity index (χ1) is 14.0. The van der Waals surface area contributed by atoms with Crippen molar-refractivity contribution in [1.29, 1.82) is 0 Å². The molecule has 3 aromatic rings. The molecular formula is C26H29NO2. The van der Waals surface area contributed by atoms with E-state index in [1.54, 1.807) is 7.11 Å². The molecule has 0 saturated carbocycles. The van der Waals surface area contributed by atoms with Crippen molar-refractivity contribution in [2.45, 2.75) is 26.7 Å². The van der Waals surface area contributed by atoms with Gasteiger partial charge in [-0.25, -0.2) is 0 Å². The summed E-state index contributed by atoms with van der Waals surface area (Å²) in [5.41, 5.74) is 6.03. The molecule has 0 radical (unpaired) electrons. The van der Waals surface area contributed by atoms with Crippen LogP contribution < -0.4 is 14.8 Å². The van der Waals surface area contributed by atoms with Crippen LogP contribution >= 0.6 is 0 Å². The van der Waals surface area contributed by atoms with Gasteiger partial charge in [0.1, 0.15) is 17.2 Å². The van der Waals surface area contributed by atoms with Crippen molar-refractivity contribution in [3.05, 3.63) is 95.6 Å². The van der Waals surface area contributed by atoms with Crippen LogP contribution in [0.2, 0.25) is 0 Å². The highest BCUT2D eigenvalue weighted by atomic mass is 16.5. The highest BCUT2D eigenvalue weighted by Crippen LogP contribution is 2.26. The van der Waals surface area contributed by atoms with Crippen molar-refractivity contribution in [2.75, 3.05) is 13.7 Å². The summed E-state index contributed by atoms with van der Waals surface area (Å²) >= 11 is 0. The molecule has 0 fully saturated rings. The molecule has 0 spiro atoms. The monoisotopic (exact) mass is 387 g/mol. The fourth-order valence-corrected chi connectivity index (χ4v) is 3.24. The van der Waals surface area contributed by atoms with Gasteiger partial charge in [0.15, 0.2) is 0 Å². The number of hydrogen-bond acceptors (Lipinski definition) is 3. The maximum Gasteiger partial charge on any atom is 0.131 e. The van der Waals surface area contributed by atoms with Gasteiger partial charge >= 0.3 is 0 Å². The summed E-state index contributed by atoms with van der Waals surface area (Å²) in [5, 5.41) is 3.44. The van der Waals surface area contributed by atoms with Crippen LogP contribution in [0, 0.1) is 13.8 Å². The zero-order valence-corrected chi connectivity index (χ0v) is 17.5. The Morgan fingerprint density at radius 3 is 2.41 bits per heavy atom. The fraction of sp³-hybridized carbons (Fsp3) is 0.231. The van der Waals surface area contributed by atoms with E-state index in [0.717, 1.165) is 47.9 Å². The Kier molecular flexibility index (Phi) is 6.96. The summed E-state index contributed by atoms with van der Waals surface area (Å²) in [6.45, 7) is 9.39. The summed E-state index contributed by atoms with van der Waals surface area (Å²) in [6, 6.07) is 22.2. The highest BCUT2D eigenvalue weighted by Gasteiger charge is 2.04. The third-order valence-electron chi connectivity index (χ3n) is 4.93. The Labute approximate surface area is 174 Å². The molecule has 0 aliphatic rings. The lowest BCUT2D eigenvalue weighted by atomic mass is 10.0. The molecule has 3 aromatic carbocycles. The molecule has 0 heterocycles. The summed E-state index contributed by atoms with van der Waals surface area (Å²) < 4.78 is 11.2. The second-order valence-electron chi connectivity index (χ2n) is 7.25.